The standard InChI is InChI=1S/C19H26F2/c20-15-5-3-1-2-4-6-16-7-9-17(10-8-16)18-11-13-19(21)14-12-18/h5,11-17H,1-4,6-10H2/b15-5+. The minimum Gasteiger partial charge on any atom is -0.216 e. The molecule has 116 valence electrons. The van der Waals surface area contributed by atoms with E-state index in [0.717, 1.165) is 18.8 Å². The Morgan fingerprint density at radius 2 is 1.67 bits per heavy atom. The molecule has 1 aliphatic rings. The zero-order chi connectivity index (χ0) is 14.9. The van der Waals surface area contributed by atoms with E-state index < -0.39 is 0 Å². The molecule has 0 aliphatic heterocycles. The summed E-state index contributed by atoms with van der Waals surface area (Å²) in [5.41, 5.74) is 1.30. The fourth-order valence-electron chi connectivity index (χ4n) is 3.45. The summed E-state index contributed by atoms with van der Waals surface area (Å²) in [4.78, 5) is 0. The maximum Gasteiger partial charge on any atom is 0.123 e. The SMILES string of the molecule is F/C=C/CCCCCC1CCC(c2ccc(F)cc2)CC1. The molecule has 0 unspecified atom stereocenters. The second kappa shape index (κ2) is 8.96. The van der Waals surface area contributed by atoms with Crippen molar-refractivity contribution in [1.82, 2.24) is 0 Å². The number of benzene rings is 1. The Kier molecular flexibility index (Phi) is 6.91. The van der Waals surface area contributed by atoms with Crippen LogP contribution >= 0.6 is 0 Å². The van der Waals surface area contributed by atoms with Crippen molar-refractivity contribution in [3.8, 4) is 0 Å². The van der Waals surface area contributed by atoms with E-state index in [1.807, 2.05) is 12.1 Å². The van der Waals surface area contributed by atoms with Crippen molar-refractivity contribution in [1.29, 1.82) is 0 Å². The first kappa shape index (κ1) is 16.2. The number of unbranched alkanes of at least 4 members (excludes halogenated alkanes) is 3. The summed E-state index contributed by atoms with van der Waals surface area (Å²) in [6.45, 7) is 0. The zero-order valence-corrected chi connectivity index (χ0v) is 12.7. The molecular formula is C19H26F2. The van der Waals surface area contributed by atoms with Gasteiger partial charge in [0.25, 0.3) is 0 Å². The quantitative estimate of drug-likeness (QED) is 0.501. The van der Waals surface area contributed by atoms with Crippen LogP contribution in [0.3, 0.4) is 0 Å². The molecular weight excluding hydrogens is 266 g/mol. The highest BCUT2D eigenvalue weighted by molar-refractivity contribution is 5.20. The maximum absolute atomic E-state index is 12.9. The Hall–Kier alpha value is -1.18. The molecule has 0 aromatic heterocycles. The first-order valence-electron chi connectivity index (χ1n) is 8.30. The Morgan fingerprint density at radius 1 is 0.952 bits per heavy atom. The fourth-order valence-corrected chi connectivity index (χ4v) is 3.45. The van der Waals surface area contributed by atoms with Crippen molar-refractivity contribution in [3.63, 3.8) is 0 Å². The largest absolute Gasteiger partial charge is 0.216 e. The first-order valence-corrected chi connectivity index (χ1v) is 8.30. The lowest BCUT2D eigenvalue weighted by Crippen LogP contribution is -2.13. The van der Waals surface area contributed by atoms with Gasteiger partial charge >= 0.3 is 0 Å². The predicted molar refractivity (Wildman–Crippen MR) is 84.4 cm³/mol. The summed E-state index contributed by atoms with van der Waals surface area (Å²) in [5.74, 6) is 1.34. The highest BCUT2D eigenvalue weighted by atomic mass is 19.1. The normalized spacial score (nSPS) is 22.8. The third kappa shape index (κ3) is 5.61. The minimum absolute atomic E-state index is 0.143. The molecule has 0 heterocycles. The summed E-state index contributed by atoms with van der Waals surface area (Å²) < 4.78 is 24.7. The van der Waals surface area contributed by atoms with Crippen LogP contribution < -0.4 is 0 Å². The van der Waals surface area contributed by atoms with Gasteiger partial charge in [0.2, 0.25) is 0 Å². The van der Waals surface area contributed by atoms with Gasteiger partial charge in [-0.25, -0.2) is 8.78 Å². The van der Waals surface area contributed by atoms with Crippen LogP contribution in [-0.4, -0.2) is 0 Å². The van der Waals surface area contributed by atoms with Gasteiger partial charge in [0, 0.05) is 0 Å². The molecule has 0 amide bonds. The molecule has 0 radical (unpaired) electrons. The smallest absolute Gasteiger partial charge is 0.123 e. The van der Waals surface area contributed by atoms with Crippen LogP contribution in [0.5, 0.6) is 0 Å². The van der Waals surface area contributed by atoms with E-state index in [1.165, 1.54) is 50.5 Å². The monoisotopic (exact) mass is 292 g/mol. The van der Waals surface area contributed by atoms with Crippen LogP contribution in [0.25, 0.3) is 0 Å². The van der Waals surface area contributed by atoms with Crippen LogP contribution in [0.15, 0.2) is 36.7 Å². The van der Waals surface area contributed by atoms with Crippen molar-refractivity contribution >= 4 is 0 Å². The van der Waals surface area contributed by atoms with Crippen LogP contribution in [-0.2, 0) is 0 Å². The number of rotatable bonds is 7. The van der Waals surface area contributed by atoms with Crippen LogP contribution in [0.2, 0.25) is 0 Å². The van der Waals surface area contributed by atoms with Crippen molar-refractivity contribution in [2.75, 3.05) is 0 Å². The molecule has 0 spiro atoms. The molecule has 0 nitrogen and oxygen atoms in total. The lowest BCUT2D eigenvalue weighted by molar-refractivity contribution is 0.302. The summed E-state index contributed by atoms with van der Waals surface area (Å²) in [6.07, 6.45) is 13.1. The molecule has 1 fully saturated rings. The van der Waals surface area contributed by atoms with E-state index in [9.17, 15) is 8.78 Å². The molecule has 1 aromatic carbocycles. The Balaban J connectivity index is 1.63. The third-order valence-corrected chi connectivity index (χ3v) is 4.76. The third-order valence-electron chi connectivity index (χ3n) is 4.76. The van der Waals surface area contributed by atoms with E-state index in [-0.39, 0.29) is 5.82 Å². The second-order valence-corrected chi connectivity index (χ2v) is 6.27. The number of allylic oxidation sites excluding steroid dienone is 1. The van der Waals surface area contributed by atoms with Crippen LogP contribution in [0.1, 0.15) is 69.3 Å². The Morgan fingerprint density at radius 3 is 2.33 bits per heavy atom. The van der Waals surface area contributed by atoms with E-state index >= 15 is 0 Å². The van der Waals surface area contributed by atoms with Crippen molar-refractivity contribution < 1.29 is 8.78 Å². The van der Waals surface area contributed by atoms with Gasteiger partial charge in [-0.1, -0.05) is 37.5 Å². The van der Waals surface area contributed by atoms with E-state index in [0.29, 0.717) is 12.2 Å². The summed E-state index contributed by atoms with van der Waals surface area (Å²) >= 11 is 0. The highest BCUT2D eigenvalue weighted by Gasteiger charge is 2.21. The van der Waals surface area contributed by atoms with Gasteiger partial charge in [-0.15, -0.1) is 0 Å². The Bertz CT molecular complexity index is 414. The first-order chi connectivity index (χ1) is 10.3. The number of hydrogen-bond donors (Lipinski definition) is 0. The van der Waals surface area contributed by atoms with E-state index in [1.54, 1.807) is 18.2 Å². The van der Waals surface area contributed by atoms with Crippen molar-refractivity contribution in [2.24, 2.45) is 5.92 Å². The van der Waals surface area contributed by atoms with Crippen molar-refractivity contribution in [2.45, 2.75) is 63.7 Å². The molecule has 0 bridgehead atoms. The highest BCUT2D eigenvalue weighted by Crippen LogP contribution is 2.37. The van der Waals surface area contributed by atoms with Gasteiger partial charge in [0.1, 0.15) is 5.82 Å². The minimum atomic E-state index is -0.143. The van der Waals surface area contributed by atoms with Gasteiger partial charge in [-0.3, -0.25) is 0 Å². The Labute approximate surface area is 127 Å². The molecule has 2 rings (SSSR count). The molecule has 0 atom stereocenters. The topological polar surface area (TPSA) is 0 Å². The lowest BCUT2D eigenvalue weighted by atomic mass is 9.77. The average molecular weight is 292 g/mol. The summed E-state index contributed by atoms with van der Waals surface area (Å²) in [7, 11) is 0. The molecule has 0 N–H and O–H groups in total. The van der Waals surface area contributed by atoms with Gasteiger partial charge in [0.15, 0.2) is 0 Å². The molecule has 1 aliphatic carbocycles. The zero-order valence-electron chi connectivity index (χ0n) is 12.7. The molecule has 21 heavy (non-hydrogen) atoms. The van der Waals surface area contributed by atoms with E-state index in [2.05, 4.69) is 0 Å². The molecule has 0 saturated heterocycles. The molecule has 1 aromatic rings. The van der Waals surface area contributed by atoms with Gasteiger partial charge in [0.05, 0.1) is 6.33 Å². The van der Waals surface area contributed by atoms with Gasteiger partial charge < -0.3 is 0 Å². The number of halogens is 2. The second-order valence-electron chi connectivity index (χ2n) is 6.27. The maximum atomic E-state index is 12.9. The van der Waals surface area contributed by atoms with Gasteiger partial charge in [-0.2, -0.15) is 0 Å². The fraction of sp³-hybridized carbons (Fsp3) is 0.579. The predicted octanol–water partition coefficient (Wildman–Crippen LogP) is 6.53. The number of hydrogen-bond acceptors (Lipinski definition) is 0. The van der Waals surface area contributed by atoms with E-state index in [4.69, 9.17) is 0 Å². The average Bonchev–Trinajstić information content (AvgIpc) is 2.52. The molecule has 2 heteroatoms. The summed E-state index contributed by atoms with van der Waals surface area (Å²) in [5, 5.41) is 0. The van der Waals surface area contributed by atoms with Gasteiger partial charge in [-0.05, 0) is 68.1 Å². The van der Waals surface area contributed by atoms with Crippen molar-refractivity contribution in [3.05, 3.63) is 48.1 Å². The van der Waals surface area contributed by atoms with Crippen LogP contribution in [0, 0.1) is 11.7 Å². The molecule has 1 saturated carbocycles. The van der Waals surface area contributed by atoms with Crippen LogP contribution in [0.4, 0.5) is 8.78 Å². The summed E-state index contributed by atoms with van der Waals surface area (Å²) in [6, 6.07) is 7.04. The lowest BCUT2D eigenvalue weighted by Gasteiger charge is -2.28.